The lowest BCUT2D eigenvalue weighted by atomic mass is 10.1. The first-order chi connectivity index (χ1) is 12.2. The molecule has 2 aromatic rings. The summed E-state index contributed by atoms with van der Waals surface area (Å²) in [6, 6.07) is 10.4. The SMILES string of the molecule is C[C@H](NC(=O)CNC(=O)c1ccc(C(F)(F)F)cc1)c1cccc(Cl)c1. The fraction of sp³-hybridized carbons (Fsp3) is 0.222. The Morgan fingerprint density at radius 1 is 1.12 bits per heavy atom. The van der Waals surface area contributed by atoms with Gasteiger partial charge in [0.05, 0.1) is 18.2 Å². The molecule has 0 saturated carbocycles. The van der Waals surface area contributed by atoms with Crippen LogP contribution in [0.4, 0.5) is 13.2 Å². The van der Waals surface area contributed by atoms with Gasteiger partial charge in [-0.05, 0) is 48.9 Å². The Hall–Kier alpha value is -2.54. The molecule has 2 rings (SSSR count). The number of alkyl halides is 3. The number of rotatable bonds is 5. The molecule has 0 aliphatic heterocycles. The van der Waals surface area contributed by atoms with Gasteiger partial charge in [-0.25, -0.2) is 0 Å². The number of nitrogens with one attached hydrogen (secondary N) is 2. The van der Waals surface area contributed by atoms with Crippen molar-refractivity contribution in [3.05, 3.63) is 70.2 Å². The van der Waals surface area contributed by atoms with Crippen LogP contribution in [-0.2, 0) is 11.0 Å². The maximum absolute atomic E-state index is 12.5. The second-order valence-corrected chi connectivity index (χ2v) is 6.04. The molecule has 2 amide bonds. The highest BCUT2D eigenvalue weighted by Crippen LogP contribution is 2.29. The summed E-state index contributed by atoms with van der Waals surface area (Å²) >= 11 is 5.90. The van der Waals surface area contributed by atoms with Crippen molar-refractivity contribution in [3.8, 4) is 0 Å². The van der Waals surface area contributed by atoms with E-state index >= 15 is 0 Å². The van der Waals surface area contributed by atoms with Crippen LogP contribution < -0.4 is 10.6 Å². The molecule has 0 spiro atoms. The first-order valence-electron chi connectivity index (χ1n) is 7.67. The van der Waals surface area contributed by atoms with E-state index < -0.39 is 23.6 Å². The summed E-state index contributed by atoms with van der Waals surface area (Å²) < 4.78 is 37.5. The highest BCUT2D eigenvalue weighted by molar-refractivity contribution is 6.30. The minimum absolute atomic E-state index is 0.0358. The van der Waals surface area contributed by atoms with Crippen LogP contribution in [0.5, 0.6) is 0 Å². The average Bonchev–Trinajstić information content (AvgIpc) is 2.59. The van der Waals surface area contributed by atoms with Crippen LogP contribution in [0, 0.1) is 0 Å². The number of carbonyl (C=O) groups excluding carboxylic acids is 2. The maximum Gasteiger partial charge on any atom is 0.416 e. The molecule has 0 radical (unpaired) electrons. The lowest BCUT2D eigenvalue weighted by Gasteiger charge is -2.15. The summed E-state index contributed by atoms with van der Waals surface area (Å²) in [5.74, 6) is -1.07. The van der Waals surface area contributed by atoms with Gasteiger partial charge >= 0.3 is 6.18 Å². The topological polar surface area (TPSA) is 58.2 Å². The van der Waals surface area contributed by atoms with Gasteiger partial charge in [-0.3, -0.25) is 9.59 Å². The summed E-state index contributed by atoms with van der Waals surface area (Å²) in [4.78, 5) is 23.8. The Bertz CT molecular complexity index is 792. The van der Waals surface area contributed by atoms with Gasteiger partial charge in [0.1, 0.15) is 0 Å². The molecular formula is C18H16ClF3N2O2. The van der Waals surface area contributed by atoms with Crippen LogP contribution in [0.15, 0.2) is 48.5 Å². The van der Waals surface area contributed by atoms with Crippen molar-refractivity contribution >= 4 is 23.4 Å². The molecular weight excluding hydrogens is 369 g/mol. The molecule has 4 nitrogen and oxygen atoms in total. The minimum Gasteiger partial charge on any atom is -0.348 e. The number of halogens is 4. The van der Waals surface area contributed by atoms with E-state index in [0.29, 0.717) is 5.02 Å². The standard InChI is InChI=1S/C18H16ClF3N2O2/c1-11(13-3-2-4-15(19)9-13)24-16(25)10-23-17(26)12-5-7-14(8-6-12)18(20,21)22/h2-9,11H,10H2,1H3,(H,23,26)(H,24,25)/t11-/m0/s1. The van der Waals surface area contributed by atoms with E-state index in [0.717, 1.165) is 29.8 Å². The smallest absolute Gasteiger partial charge is 0.348 e. The van der Waals surface area contributed by atoms with Crippen molar-refractivity contribution in [2.75, 3.05) is 6.54 Å². The van der Waals surface area contributed by atoms with Crippen molar-refractivity contribution in [2.24, 2.45) is 0 Å². The Morgan fingerprint density at radius 3 is 2.35 bits per heavy atom. The van der Waals surface area contributed by atoms with E-state index in [1.54, 1.807) is 31.2 Å². The fourth-order valence-electron chi connectivity index (χ4n) is 2.22. The third kappa shape index (κ3) is 5.49. The van der Waals surface area contributed by atoms with Gasteiger partial charge in [-0.15, -0.1) is 0 Å². The molecule has 0 heterocycles. The number of amides is 2. The molecule has 138 valence electrons. The maximum atomic E-state index is 12.5. The summed E-state index contributed by atoms with van der Waals surface area (Å²) in [7, 11) is 0. The van der Waals surface area contributed by atoms with Gasteiger partial charge in [-0.2, -0.15) is 13.2 Å². The van der Waals surface area contributed by atoms with Crippen molar-refractivity contribution in [2.45, 2.75) is 19.1 Å². The van der Waals surface area contributed by atoms with Crippen molar-refractivity contribution < 1.29 is 22.8 Å². The van der Waals surface area contributed by atoms with Crippen LogP contribution in [0.25, 0.3) is 0 Å². The van der Waals surface area contributed by atoms with E-state index in [-0.39, 0.29) is 18.2 Å². The summed E-state index contributed by atoms with van der Waals surface area (Å²) in [5.41, 5.74) is -0.00394. The summed E-state index contributed by atoms with van der Waals surface area (Å²) in [6.07, 6.45) is -4.47. The first kappa shape index (κ1) is 19.8. The van der Waals surface area contributed by atoms with E-state index in [4.69, 9.17) is 11.6 Å². The molecule has 0 aliphatic rings. The lowest BCUT2D eigenvalue weighted by molar-refractivity contribution is -0.137. The third-order valence-electron chi connectivity index (χ3n) is 3.61. The molecule has 8 heteroatoms. The van der Waals surface area contributed by atoms with E-state index in [2.05, 4.69) is 10.6 Å². The number of hydrogen-bond acceptors (Lipinski definition) is 2. The van der Waals surface area contributed by atoms with E-state index in [1.807, 2.05) is 0 Å². The monoisotopic (exact) mass is 384 g/mol. The zero-order valence-electron chi connectivity index (χ0n) is 13.7. The number of carbonyl (C=O) groups is 2. The van der Waals surface area contributed by atoms with E-state index in [1.165, 1.54) is 0 Å². The highest BCUT2D eigenvalue weighted by Gasteiger charge is 2.30. The second-order valence-electron chi connectivity index (χ2n) is 5.60. The molecule has 0 fully saturated rings. The van der Waals surface area contributed by atoms with Crippen LogP contribution in [-0.4, -0.2) is 18.4 Å². The Labute approximate surface area is 153 Å². The Morgan fingerprint density at radius 2 is 1.77 bits per heavy atom. The molecule has 0 saturated heterocycles. The predicted octanol–water partition coefficient (Wildman–Crippen LogP) is 3.97. The lowest BCUT2D eigenvalue weighted by Crippen LogP contribution is -2.38. The van der Waals surface area contributed by atoms with Crippen molar-refractivity contribution in [1.82, 2.24) is 10.6 Å². The third-order valence-corrected chi connectivity index (χ3v) is 3.85. The van der Waals surface area contributed by atoms with Gasteiger partial charge < -0.3 is 10.6 Å². The fourth-order valence-corrected chi connectivity index (χ4v) is 2.42. The Balaban J connectivity index is 1.87. The van der Waals surface area contributed by atoms with Gasteiger partial charge in [0.25, 0.3) is 5.91 Å². The summed E-state index contributed by atoms with van der Waals surface area (Å²) in [6.45, 7) is 1.46. The minimum atomic E-state index is -4.47. The van der Waals surface area contributed by atoms with Crippen LogP contribution >= 0.6 is 11.6 Å². The largest absolute Gasteiger partial charge is 0.416 e. The Kier molecular flexibility index (Phi) is 6.26. The van der Waals surface area contributed by atoms with Crippen molar-refractivity contribution in [3.63, 3.8) is 0 Å². The van der Waals surface area contributed by atoms with Gasteiger partial charge in [0.2, 0.25) is 5.91 Å². The average molecular weight is 385 g/mol. The molecule has 0 unspecified atom stereocenters. The summed E-state index contributed by atoms with van der Waals surface area (Å²) in [5, 5.41) is 5.61. The van der Waals surface area contributed by atoms with Gasteiger partial charge in [0.15, 0.2) is 0 Å². The molecule has 1 atom stereocenters. The van der Waals surface area contributed by atoms with Crippen LogP contribution in [0.3, 0.4) is 0 Å². The van der Waals surface area contributed by atoms with Crippen LogP contribution in [0.2, 0.25) is 5.02 Å². The molecule has 0 aromatic heterocycles. The molecule has 2 aromatic carbocycles. The first-order valence-corrected chi connectivity index (χ1v) is 8.05. The van der Waals surface area contributed by atoms with Crippen LogP contribution in [0.1, 0.15) is 34.5 Å². The molecule has 0 aliphatic carbocycles. The van der Waals surface area contributed by atoms with E-state index in [9.17, 15) is 22.8 Å². The zero-order valence-corrected chi connectivity index (χ0v) is 14.5. The quantitative estimate of drug-likeness (QED) is 0.819. The normalized spacial score (nSPS) is 12.3. The van der Waals surface area contributed by atoms with Gasteiger partial charge in [-0.1, -0.05) is 23.7 Å². The van der Waals surface area contributed by atoms with Gasteiger partial charge in [0, 0.05) is 10.6 Å². The number of hydrogen-bond donors (Lipinski definition) is 2. The molecule has 2 N–H and O–H groups in total. The highest BCUT2D eigenvalue weighted by atomic mass is 35.5. The second kappa shape index (κ2) is 8.23. The van der Waals surface area contributed by atoms with Crippen molar-refractivity contribution in [1.29, 1.82) is 0 Å². The molecule has 26 heavy (non-hydrogen) atoms. The molecule has 0 bridgehead atoms. The predicted molar refractivity (Wildman–Crippen MR) is 91.8 cm³/mol. The number of benzene rings is 2. The zero-order chi connectivity index (χ0) is 19.3.